The first kappa shape index (κ1) is 14.3. The maximum atomic E-state index is 11.8. The molecule has 0 aromatic heterocycles. The van der Waals surface area contributed by atoms with Crippen molar-refractivity contribution in [3.63, 3.8) is 0 Å². The van der Waals surface area contributed by atoms with Crippen molar-refractivity contribution in [1.82, 2.24) is 5.32 Å². The summed E-state index contributed by atoms with van der Waals surface area (Å²) in [5.74, 6) is 0.692. The fraction of sp³-hybridized carbons (Fsp3) is 0.455. The highest BCUT2D eigenvalue weighted by Gasteiger charge is 2.25. The van der Waals surface area contributed by atoms with E-state index in [4.69, 9.17) is 4.74 Å². The lowest BCUT2D eigenvalue weighted by Gasteiger charge is -2.09. The second-order valence-electron chi connectivity index (χ2n) is 3.42. The van der Waals surface area contributed by atoms with E-state index >= 15 is 0 Å². The van der Waals surface area contributed by atoms with Gasteiger partial charge in [-0.1, -0.05) is 22.0 Å². The highest BCUT2D eigenvalue weighted by atomic mass is 79.9. The van der Waals surface area contributed by atoms with E-state index in [1.54, 1.807) is 12.1 Å². The van der Waals surface area contributed by atoms with Gasteiger partial charge in [-0.3, -0.25) is 0 Å². The van der Waals surface area contributed by atoms with Gasteiger partial charge in [-0.15, -0.1) is 0 Å². The van der Waals surface area contributed by atoms with Crippen LogP contribution in [0, 0.1) is 0 Å². The van der Waals surface area contributed by atoms with Crippen molar-refractivity contribution in [2.75, 3.05) is 19.7 Å². The van der Waals surface area contributed by atoms with Crippen LogP contribution < -0.4 is 10.1 Å². The van der Waals surface area contributed by atoms with Gasteiger partial charge >= 0.3 is 6.18 Å². The summed E-state index contributed by atoms with van der Waals surface area (Å²) in [6.45, 7) is 0.655. The van der Waals surface area contributed by atoms with Crippen molar-refractivity contribution < 1.29 is 17.9 Å². The van der Waals surface area contributed by atoms with Crippen molar-refractivity contribution in [3.8, 4) is 5.75 Å². The van der Waals surface area contributed by atoms with Crippen LogP contribution in [0.5, 0.6) is 5.75 Å². The third-order valence-corrected chi connectivity index (χ3v) is 2.42. The summed E-state index contributed by atoms with van der Waals surface area (Å²) in [6, 6.07) is 7.29. The largest absolute Gasteiger partial charge is 0.492 e. The van der Waals surface area contributed by atoms with Crippen molar-refractivity contribution in [2.45, 2.75) is 12.6 Å². The molecule has 0 aliphatic rings. The summed E-state index contributed by atoms with van der Waals surface area (Å²) in [4.78, 5) is 0. The Labute approximate surface area is 106 Å². The summed E-state index contributed by atoms with van der Waals surface area (Å²) < 4.78 is 41.6. The van der Waals surface area contributed by atoms with Crippen LogP contribution in [-0.2, 0) is 0 Å². The summed E-state index contributed by atoms with van der Waals surface area (Å²) >= 11 is 3.30. The Hall–Kier alpha value is -0.750. The minimum atomic E-state index is -4.10. The molecule has 0 aliphatic carbocycles. The molecule has 0 unspecified atom stereocenters. The number of rotatable bonds is 6. The van der Waals surface area contributed by atoms with Gasteiger partial charge in [0, 0.05) is 17.6 Å². The molecule has 0 fully saturated rings. The summed E-state index contributed by atoms with van der Waals surface area (Å²) in [7, 11) is 0. The molecule has 1 aromatic carbocycles. The number of hydrogen-bond donors (Lipinski definition) is 1. The third kappa shape index (κ3) is 7.23. The number of alkyl halides is 3. The normalized spacial score (nSPS) is 11.5. The Morgan fingerprint density at radius 2 is 2.00 bits per heavy atom. The minimum absolute atomic E-state index is 0.0780. The molecule has 17 heavy (non-hydrogen) atoms. The molecule has 0 aliphatic heterocycles. The maximum Gasteiger partial charge on any atom is 0.390 e. The lowest BCUT2D eigenvalue weighted by atomic mass is 10.3. The third-order valence-electron chi connectivity index (χ3n) is 1.93. The molecule has 0 atom stereocenters. The van der Waals surface area contributed by atoms with Crippen LogP contribution in [0.3, 0.4) is 0 Å². The smallest absolute Gasteiger partial charge is 0.390 e. The van der Waals surface area contributed by atoms with E-state index < -0.39 is 12.6 Å². The topological polar surface area (TPSA) is 21.3 Å². The van der Waals surface area contributed by atoms with Gasteiger partial charge in [0.1, 0.15) is 12.4 Å². The monoisotopic (exact) mass is 311 g/mol. The predicted molar refractivity (Wildman–Crippen MR) is 63.2 cm³/mol. The molecule has 0 spiro atoms. The molecule has 96 valence electrons. The zero-order valence-corrected chi connectivity index (χ0v) is 10.6. The number of ether oxygens (including phenoxy) is 1. The van der Waals surface area contributed by atoms with Gasteiger partial charge in [0.05, 0.1) is 6.42 Å². The Balaban J connectivity index is 2.09. The van der Waals surface area contributed by atoms with Crippen LogP contribution in [-0.4, -0.2) is 25.9 Å². The Morgan fingerprint density at radius 3 is 2.65 bits per heavy atom. The molecule has 2 nitrogen and oxygen atoms in total. The molecule has 0 bridgehead atoms. The van der Waals surface area contributed by atoms with Crippen molar-refractivity contribution >= 4 is 15.9 Å². The van der Waals surface area contributed by atoms with Crippen molar-refractivity contribution in [3.05, 3.63) is 28.7 Å². The molecule has 0 saturated heterocycles. The first-order chi connectivity index (χ1) is 7.97. The van der Waals surface area contributed by atoms with Gasteiger partial charge in [-0.05, 0) is 18.2 Å². The molecular weight excluding hydrogens is 299 g/mol. The zero-order chi connectivity index (χ0) is 12.7. The summed E-state index contributed by atoms with van der Waals surface area (Å²) in [5.41, 5.74) is 0. The average molecular weight is 312 g/mol. The van der Waals surface area contributed by atoms with Crippen LogP contribution >= 0.6 is 15.9 Å². The van der Waals surface area contributed by atoms with E-state index in [-0.39, 0.29) is 6.54 Å². The Bertz CT molecular complexity index is 344. The fourth-order valence-corrected chi connectivity index (χ4v) is 1.53. The van der Waals surface area contributed by atoms with Gasteiger partial charge in [0.15, 0.2) is 0 Å². The van der Waals surface area contributed by atoms with E-state index in [1.807, 2.05) is 12.1 Å². The summed E-state index contributed by atoms with van der Waals surface area (Å²) in [6.07, 6.45) is -4.91. The van der Waals surface area contributed by atoms with Gasteiger partial charge in [0.2, 0.25) is 0 Å². The quantitative estimate of drug-likeness (QED) is 0.813. The summed E-state index contributed by atoms with van der Waals surface area (Å²) in [5, 5.41) is 2.67. The molecule has 1 aromatic rings. The molecule has 0 saturated carbocycles. The van der Waals surface area contributed by atoms with E-state index in [1.165, 1.54) is 0 Å². The molecule has 6 heteroatoms. The molecule has 0 amide bonds. The number of hydrogen-bond acceptors (Lipinski definition) is 2. The second kappa shape index (κ2) is 6.86. The van der Waals surface area contributed by atoms with E-state index in [2.05, 4.69) is 21.2 Å². The first-order valence-corrected chi connectivity index (χ1v) is 5.92. The number of nitrogens with one attached hydrogen (secondary N) is 1. The van der Waals surface area contributed by atoms with Crippen molar-refractivity contribution in [2.24, 2.45) is 0 Å². The van der Waals surface area contributed by atoms with Gasteiger partial charge in [0.25, 0.3) is 0 Å². The Morgan fingerprint density at radius 1 is 1.24 bits per heavy atom. The maximum absolute atomic E-state index is 11.8. The van der Waals surface area contributed by atoms with E-state index in [0.29, 0.717) is 18.9 Å². The lowest BCUT2D eigenvalue weighted by molar-refractivity contribution is -0.133. The standard InChI is InChI=1S/C11H13BrF3NO/c12-9-2-1-3-10(8-9)17-7-6-16-5-4-11(13,14)15/h1-3,8,16H,4-7H2. The van der Waals surface area contributed by atoms with Crippen LogP contribution in [0.2, 0.25) is 0 Å². The fourth-order valence-electron chi connectivity index (χ4n) is 1.15. The molecule has 0 radical (unpaired) electrons. The average Bonchev–Trinajstić information content (AvgIpc) is 2.22. The minimum Gasteiger partial charge on any atom is -0.492 e. The highest BCUT2D eigenvalue weighted by molar-refractivity contribution is 9.10. The van der Waals surface area contributed by atoms with Gasteiger partial charge in [-0.25, -0.2) is 0 Å². The highest BCUT2D eigenvalue weighted by Crippen LogP contribution is 2.18. The van der Waals surface area contributed by atoms with Crippen LogP contribution in [0.4, 0.5) is 13.2 Å². The molecular formula is C11H13BrF3NO. The van der Waals surface area contributed by atoms with Crippen molar-refractivity contribution in [1.29, 1.82) is 0 Å². The van der Waals surface area contributed by atoms with Gasteiger partial charge < -0.3 is 10.1 Å². The molecule has 1 N–H and O–H groups in total. The Kier molecular flexibility index (Phi) is 5.77. The number of benzene rings is 1. The zero-order valence-electron chi connectivity index (χ0n) is 9.06. The molecule has 1 rings (SSSR count). The van der Waals surface area contributed by atoms with Crippen LogP contribution in [0.25, 0.3) is 0 Å². The van der Waals surface area contributed by atoms with E-state index in [9.17, 15) is 13.2 Å². The first-order valence-electron chi connectivity index (χ1n) is 5.13. The lowest BCUT2D eigenvalue weighted by Crippen LogP contribution is -2.25. The predicted octanol–water partition coefficient (Wildman–Crippen LogP) is 3.37. The molecule has 0 heterocycles. The van der Waals surface area contributed by atoms with Gasteiger partial charge in [-0.2, -0.15) is 13.2 Å². The SMILES string of the molecule is FC(F)(F)CCNCCOc1cccc(Br)c1. The van der Waals surface area contributed by atoms with E-state index in [0.717, 1.165) is 4.47 Å². The van der Waals surface area contributed by atoms with Crippen LogP contribution in [0.1, 0.15) is 6.42 Å². The van der Waals surface area contributed by atoms with Crippen LogP contribution in [0.15, 0.2) is 28.7 Å². The second-order valence-corrected chi connectivity index (χ2v) is 4.34. The number of halogens is 4.